The summed E-state index contributed by atoms with van der Waals surface area (Å²) in [6, 6.07) is 0. The van der Waals surface area contributed by atoms with E-state index in [4.69, 9.17) is 0 Å². The highest BCUT2D eigenvalue weighted by Gasteiger charge is 2.23. The summed E-state index contributed by atoms with van der Waals surface area (Å²) in [6.07, 6.45) is 12.6. The first-order valence-corrected chi connectivity index (χ1v) is 7.12. The highest BCUT2D eigenvalue weighted by Crippen LogP contribution is 2.29. The molecular weight excluding hydrogens is 208 g/mol. The maximum absolute atomic E-state index is 9.74. The predicted octanol–water partition coefficient (Wildman–Crippen LogP) is 4.62. The molecule has 0 heterocycles. The summed E-state index contributed by atoms with van der Waals surface area (Å²) in [5.74, 6) is 0.526. The largest absolute Gasteiger partial charge is 0.393 e. The maximum Gasteiger partial charge on any atom is 0.0571 e. The molecule has 1 nitrogen and oxygen atoms in total. The number of rotatable bonds is 6. The van der Waals surface area contributed by atoms with Gasteiger partial charge in [0.25, 0.3) is 0 Å². The van der Waals surface area contributed by atoms with Gasteiger partial charge in [0.15, 0.2) is 0 Å². The summed E-state index contributed by atoms with van der Waals surface area (Å²) in [6.45, 7) is 6.63. The molecule has 0 saturated heterocycles. The standard InChI is InChI=1S/C16H28O/c1-4-13(2)7-5-8-14(3)11-12-15-9-6-10-16(15)17/h7,11,15-17H,4-6,8-10,12H2,1-3H3. The highest BCUT2D eigenvalue weighted by molar-refractivity contribution is 5.04. The van der Waals surface area contributed by atoms with Crippen LogP contribution in [0, 0.1) is 5.92 Å². The zero-order valence-corrected chi connectivity index (χ0v) is 11.7. The Morgan fingerprint density at radius 3 is 2.53 bits per heavy atom. The average molecular weight is 236 g/mol. The number of hydrogen-bond acceptors (Lipinski definition) is 1. The van der Waals surface area contributed by atoms with Crippen LogP contribution in [-0.2, 0) is 0 Å². The summed E-state index contributed by atoms with van der Waals surface area (Å²) < 4.78 is 0. The molecule has 2 atom stereocenters. The van der Waals surface area contributed by atoms with E-state index in [1.165, 1.54) is 30.4 Å². The van der Waals surface area contributed by atoms with Crippen molar-refractivity contribution in [3.05, 3.63) is 23.3 Å². The van der Waals surface area contributed by atoms with Crippen LogP contribution in [0.1, 0.15) is 65.7 Å². The second-order valence-electron chi connectivity index (χ2n) is 5.49. The van der Waals surface area contributed by atoms with Gasteiger partial charge in [0, 0.05) is 0 Å². The van der Waals surface area contributed by atoms with Gasteiger partial charge in [-0.25, -0.2) is 0 Å². The van der Waals surface area contributed by atoms with Gasteiger partial charge >= 0.3 is 0 Å². The van der Waals surface area contributed by atoms with Crippen LogP contribution in [0.3, 0.4) is 0 Å². The average Bonchev–Trinajstić information content (AvgIpc) is 2.72. The Kier molecular flexibility index (Phi) is 6.57. The molecule has 2 unspecified atom stereocenters. The summed E-state index contributed by atoms with van der Waals surface area (Å²) >= 11 is 0. The fourth-order valence-electron chi connectivity index (χ4n) is 2.44. The molecule has 0 aromatic rings. The van der Waals surface area contributed by atoms with Crippen molar-refractivity contribution in [3.8, 4) is 0 Å². The highest BCUT2D eigenvalue weighted by atomic mass is 16.3. The molecule has 1 aliphatic carbocycles. The van der Waals surface area contributed by atoms with E-state index < -0.39 is 0 Å². The van der Waals surface area contributed by atoms with Crippen LogP contribution in [0.25, 0.3) is 0 Å². The van der Waals surface area contributed by atoms with Gasteiger partial charge in [0.2, 0.25) is 0 Å². The molecule has 1 rings (SSSR count). The lowest BCUT2D eigenvalue weighted by Gasteiger charge is -2.12. The van der Waals surface area contributed by atoms with Crippen LogP contribution < -0.4 is 0 Å². The van der Waals surface area contributed by atoms with Crippen molar-refractivity contribution in [3.63, 3.8) is 0 Å². The molecule has 0 aromatic heterocycles. The van der Waals surface area contributed by atoms with Gasteiger partial charge < -0.3 is 5.11 Å². The molecule has 1 N–H and O–H groups in total. The molecule has 0 aromatic carbocycles. The van der Waals surface area contributed by atoms with Crippen molar-refractivity contribution in [1.82, 2.24) is 0 Å². The number of aliphatic hydroxyl groups is 1. The lowest BCUT2D eigenvalue weighted by Crippen LogP contribution is -2.11. The first-order valence-electron chi connectivity index (χ1n) is 7.12. The van der Waals surface area contributed by atoms with E-state index in [-0.39, 0.29) is 6.10 Å². The Morgan fingerprint density at radius 2 is 1.94 bits per heavy atom. The SMILES string of the molecule is CCC(C)=CCCC(C)=CCC1CCCC1O. The topological polar surface area (TPSA) is 20.2 Å². The first-order chi connectivity index (χ1) is 8.13. The van der Waals surface area contributed by atoms with Crippen LogP contribution in [0.5, 0.6) is 0 Å². The van der Waals surface area contributed by atoms with E-state index >= 15 is 0 Å². The van der Waals surface area contributed by atoms with Crippen molar-refractivity contribution in [2.24, 2.45) is 5.92 Å². The maximum atomic E-state index is 9.74. The van der Waals surface area contributed by atoms with Crippen molar-refractivity contribution >= 4 is 0 Å². The summed E-state index contributed by atoms with van der Waals surface area (Å²) in [5.41, 5.74) is 2.97. The molecule has 17 heavy (non-hydrogen) atoms. The third-order valence-electron chi connectivity index (χ3n) is 3.98. The normalized spacial score (nSPS) is 26.6. The zero-order valence-electron chi connectivity index (χ0n) is 11.7. The van der Waals surface area contributed by atoms with Gasteiger partial charge in [-0.2, -0.15) is 0 Å². The Balaban J connectivity index is 2.25. The molecule has 1 aliphatic rings. The molecule has 1 saturated carbocycles. The molecule has 0 bridgehead atoms. The Morgan fingerprint density at radius 1 is 1.18 bits per heavy atom. The lowest BCUT2D eigenvalue weighted by atomic mass is 9.99. The van der Waals surface area contributed by atoms with Crippen molar-refractivity contribution in [2.45, 2.75) is 71.8 Å². The number of hydrogen-bond donors (Lipinski definition) is 1. The lowest BCUT2D eigenvalue weighted by molar-refractivity contribution is 0.134. The van der Waals surface area contributed by atoms with Crippen LogP contribution in [-0.4, -0.2) is 11.2 Å². The van der Waals surface area contributed by atoms with Gasteiger partial charge in [-0.1, -0.05) is 36.6 Å². The van der Waals surface area contributed by atoms with Crippen molar-refractivity contribution in [2.75, 3.05) is 0 Å². The van der Waals surface area contributed by atoms with Crippen LogP contribution in [0.15, 0.2) is 23.3 Å². The first kappa shape index (κ1) is 14.5. The molecule has 0 spiro atoms. The van der Waals surface area contributed by atoms with Crippen LogP contribution in [0.2, 0.25) is 0 Å². The van der Waals surface area contributed by atoms with Gasteiger partial charge in [-0.3, -0.25) is 0 Å². The third kappa shape index (κ3) is 5.54. The summed E-state index contributed by atoms with van der Waals surface area (Å²) in [4.78, 5) is 0. The minimum absolute atomic E-state index is 0.0405. The Hall–Kier alpha value is -0.560. The quantitative estimate of drug-likeness (QED) is 0.667. The molecule has 1 heteroatoms. The smallest absolute Gasteiger partial charge is 0.0571 e. The van der Waals surface area contributed by atoms with Crippen molar-refractivity contribution in [1.29, 1.82) is 0 Å². The Labute approximate surface area is 107 Å². The van der Waals surface area contributed by atoms with Gasteiger partial charge in [0.05, 0.1) is 6.10 Å². The second-order valence-corrected chi connectivity index (χ2v) is 5.49. The van der Waals surface area contributed by atoms with E-state index in [1.54, 1.807) is 0 Å². The Bertz CT molecular complexity index is 275. The van der Waals surface area contributed by atoms with E-state index in [9.17, 15) is 5.11 Å². The van der Waals surface area contributed by atoms with Crippen LogP contribution >= 0.6 is 0 Å². The zero-order chi connectivity index (χ0) is 12.7. The molecular formula is C16H28O. The second kappa shape index (κ2) is 7.71. The minimum Gasteiger partial charge on any atom is -0.393 e. The predicted molar refractivity (Wildman–Crippen MR) is 75.0 cm³/mol. The minimum atomic E-state index is -0.0405. The van der Waals surface area contributed by atoms with E-state index in [0.29, 0.717) is 5.92 Å². The third-order valence-corrected chi connectivity index (χ3v) is 3.98. The number of allylic oxidation sites excluding steroid dienone is 4. The molecule has 98 valence electrons. The summed E-state index contributed by atoms with van der Waals surface area (Å²) in [7, 11) is 0. The fourth-order valence-corrected chi connectivity index (χ4v) is 2.44. The van der Waals surface area contributed by atoms with Gasteiger partial charge in [-0.05, 0) is 58.3 Å². The summed E-state index contributed by atoms with van der Waals surface area (Å²) in [5, 5.41) is 9.74. The molecule has 0 radical (unpaired) electrons. The molecule has 0 aliphatic heterocycles. The molecule has 1 fully saturated rings. The fraction of sp³-hybridized carbons (Fsp3) is 0.750. The van der Waals surface area contributed by atoms with E-state index in [1.807, 2.05) is 0 Å². The molecule has 0 amide bonds. The van der Waals surface area contributed by atoms with E-state index in [2.05, 4.69) is 32.9 Å². The van der Waals surface area contributed by atoms with E-state index in [0.717, 1.165) is 25.7 Å². The number of aliphatic hydroxyl groups excluding tert-OH is 1. The monoisotopic (exact) mass is 236 g/mol. The van der Waals surface area contributed by atoms with Gasteiger partial charge in [-0.15, -0.1) is 0 Å². The van der Waals surface area contributed by atoms with Crippen molar-refractivity contribution < 1.29 is 5.11 Å². The van der Waals surface area contributed by atoms with Gasteiger partial charge in [0.1, 0.15) is 0 Å². The van der Waals surface area contributed by atoms with Crippen LogP contribution in [0.4, 0.5) is 0 Å².